The van der Waals surface area contributed by atoms with Crippen LogP contribution in [-0.2, 0) is 16.0 Å². The molecule has 0 saturated heterocycles. The summed E-state index contributed by atoms with van der Waals surface area (Å²) in [4.78, 5) is 26.7. The van der Waals surface area contributed by atoms with Crippen molar-refractivity contribution in [3.8, 4) is 17.2 Å². The molecule has 3 rings (SSSR count). The number of nitrogens with zero attached hydrogens (tertiary/aromatic N) is 1. The first-order chi connectivity index (χ1) is 14.4. The third-order valence-corrected chi connectivity index (χ3v) is 5.03. The summed E-state index contributed by atoms with van der Waals surface area (Å²) in [6, 6.07) is 10.9. The van der Waals surface area contributed by atoms with Gasteiger partial charge in [0, 0.05) is 24.7 Å². The van der Waals surface area contributed by atoms with E-state index in [4.69, 9.17) is 14.2 Å². The molecule has 0 radical (unpaired) electrons. The Morgan fingerprint density at radius 3 is 2.53 bits per heavy atom. The van der Waals surface area contributed by atoms with Crippen LogP contribution in [0.4, 0.5) is 5.69 Å². The molecule has 0 saturated carbocycles. The minimum atomic E-state index is -0.748. The molecular weight excluding hydrogens is 386 g/mol. The van der Waals surface area contributed by atoms with E-state index in [1.54, 1.807) is 18.2 Å². The molecule has 1 heterocycles. The number of ether oxygens (including phenoxy) is 3. The molecule has 0 aromatic heterocycles. The number of benzene rings is 2. The van der Waals surface area contributed by atoms with E-state index < -0.39 is 11.8 Å². The molecule has 0 spiro atoms. The zero-order valence-electron chi connectivity index (χ0n) is 17.7. The smallest absolute Gasteiger partial charge is 0.313 e. The standard InChI is InChI=1S/C22H27N3O5/c1-25(2)17(14-5-7-18-15(11-14)9-10-30-18)13-23-21(26)22(27)24-16-6-8-19(28-3)20(12-16)29-4/h5-8,11-12,17H,9-10,13H2,1-4H3,(H,23,26)(H,24,27). The predicted molar refractivity (Wildman–Crippen MR) is 113 cm³/mol. The average Bonchev–Trinajstić information content (AvgIpc) is 3.21. The maximum atomic E-state index is 12.4. The second kappa shape index (κ2) is 9.49. The second-order valence-electron chi connectivity index (χ2n) is 7.18. The third kappa shape index (κ3) is 4.83. The largest absolute Gasteiger partial charge is 0.493 e. The van der Waals surface area contributed by atoms with Gasteiger partial charge in [-0.2, -0.15) is 0 Å². The Morgan fingerprint density at radius 1 is 1.07 bits per heavy atom. The Balaban J connectivity index is 1.62. The fourth-order valence-electron chi connectivity index (χ4n) is 3.38. The van der Waals surface area contributed by atoms with E-state index in [0.717, 1.165) is 23.3 Å². The number of anilines is 1. The molecule has 8 nitrogen and oxygen atoms in total. The van der Waals surface area contributed by atoms with E-state index in [0.29, 0.717) is 30.3 Å². The third-order valence-electron chi connectivity index (χ3n) is 5.03. The van der Waals surface area contributed by atoms with Crippen LogP contribution in [0.25, 0.3) is 0 Å². The van der Waals surface area contributed by atoms with E-state index in [9.17, 15) is 9.59 Å². The molecule has 1 atom stereocenters. The van der Waals surface area contributed by atoms with Gasteiger partial charge in [0.25, 0.3) is 0 Å². The highest BCUT2D eigenvalue weighted by Gasteiger charge is 2.21. The first-order valence-corrected chi connectivity index (χ1v) is 9.66. The Hall–Kier alpha value is -3.26. The van der Waals surface area contributed by atoms with Gasteiger partial charge in [-0.25, -0.2) is 0 Å². The first kappa shape index (κ1) is 21.4. The molecule has 2 aromatic rings. The number of amides is 2. The monoisotopic (exact) mass is 413 g/mol. The van der Waals surface area contributed by atoms with E-state index in [-0.39, 0.29) is 6.04 Å². The van der Waals surface area contributed by atoms with Crippen molar-refractivity contribution in [3.63, 3.8) is 0 Å². The summed E-state index contributed by atoms with van der Waals surface area (Å²) in [6.07, 6.45) is 0.878. The van der Waals surface area contributed by atoms with Crippen molar-refractivity contribution in [2.24, 2.45) is 0 Å². The van der Waals surface area contributed by atoms with Gasteiger partial charge in [-0.15, -0.1) is 0 Å². The molecule has 2 N–H and O–H groups in total. The molecule has 8 heteroatoms. The van der Waals surface area contributed by atoms with Gasteiger partial charge in [0.05, 0.1) is 26.9 Å². The van der Waals surface area contributed by atoms with Crippen LogP contribution in [0.3, 0.4) is 0 Å². The summed E-state index contributed by atoms with van der Waals surface area (Å²) < 4.78 is 15.9. The van der Waals surface area contributed by atoms with Crippen molar-refractivity contribution >= 4 is 17.5 Å². The van der Waals surface area contributed by atoms with Crippen LogP contribution in [0.1, 0.15) is 17.2 Å². The van der Waals surface area contributed by atoms with E-state index >= 15 is 0 Å². The Bertz CT molecular complexity index is 929. The van der Waals surface area contributed by atoms with Crippen molar-refractivity contribution in [1.82, 2.24) is 10.2 Å². The number of carbonyl (C=O) groups is 2. The van der Waals surface area contributed by atoms with Crippen molar-refractivity contribution in [1.29, 1.82) is 0 Å². The van der Waals surface area contributed by atoms with Gasteiger partial charge < -0.3 is 29.7 Å². The van der Waals surface area contributed by atoms with Crippen molar-refractivity contribution in [2.75, 3.05) is 46.8 Å². The Kier molecular flexibility index (Phi) is 6.79. The summed E-state index contributed by atoms with van der Waals surface area (Å²) in [5.41, 5.74) is 2.66. The van der Waals surface area contributed by atoms with Gasteiger partial charge in [0.2, 0.25) is 0 Å². The van der Waals surface area contributed by atoms with Crippen LogP contribution in [0, 0.1) is 0 Å². The van der Waals surface area contributed by atoms with Gasteiger partial charge in [-0.3, -0.25) is 9.59 Å². The van der Waals surface area contributed by atoms with Crippen LogP contribution in [0.2, 0.25) is 0 Å². The van der Waals surface area contributed by atoms with Gasteiger partial charge in [0.1, 0.15) is 5.75 Å². The highest BCUT2D eigenvalue weighted by Crippen LogP contribution is 2.30. The highest BCUT2D eigenvalue weighted by molar-refractivity contribution is 6.39. The second-order valence-corrected chi connectivity index (χ2v) is 7.18. The van der Waals surface area contributed by atoms with Crippen LogP contribution >= 0.6 is 0 Å². The minimum absolute atomic E-state index is 0.0752. The molecule has 1 unspecified atom stereocenters. The summed E-state index contributed by atoms with van der Waals surface area (Å²) in [6.45, 7) is 0.989. The van der Waals surface area contributed by atoms with E-state index in [1.807, 2.05) is 31.1 Å². The van der Waals surface area contributed by atoms with Gasteiger partial charge in [0.15, 0.2) is 11.5 Å². The molecule has 1 aliphatic rings. The lowest BCUT2D eigenvalue weighted by molar-refractivity contribution is -0.136. The molecule has 30 heavy (non-hydrogen) atoms. The molecule has 160 valence electrons. The Morgan fingerprint density at radius 2 is 1.83 bits per heavy atom. The number of rotatable bonds is 7. The summed E-state index contributed by atoms with van der Waals surface area (Å²) >= 11 is 0. The Labute approximate surface area is 176 Å². The van der Waals surface area contributed by atoms with Crippen LogP contribution < -0.4 is 24.8 Å². The lowest BCUT2D eigenvalue weighted by Gasteiger charge is -2.25. The topological polar surface area (TPSA) is 89.1 Å². The molecule has 2 amide bonds. The van der Waals surface area contributed by atoms with Gasteiger partial charge in [-0.05, 0) is 43.4 Å². The number of likely N-dealkylation sites (N-methyl/N-ethyl adjacent to an activating group) is 1. The average molecular weight is 413 g/mol. The number of hydrogen-bond donors (Lipinski definition) is 2. The van der Waals surface area contributed by atoms with Crippen molar-refractivity contribution in [3.05, 3.63) is 47.5 Å². The van der Waals surface area contributed by atoms with Gasteiger partial charge >= 0.3 is 11.8 Å². The predicted octanol–water partition coefficient (Wildman–Crippen LogP) is 2.00. The molecule has 1 aliphatic heterocycles. The lowest BCUT2D eigenvalue weighted by Crippen LogP contribution is -2.40. The maximum Gasteiger partial charge on any atom is 0.313 e. The fraction of sp³-hybridized carbons (Fsp3) is 0.364. The lowest BCUT2D eigenvalue weighted by atomic mass is 10.0. The summed E-state index contributed by atoms with van der Waals surface area (Å²) in [5.74, 6) is 0.454. The molecule has 0 bridgehead atoms. The number of hydrogen-bond acceptors (Lipinski definition) is 6. The summed E-state index contributed by atoms with van der Waals surface area (Å²) in [7, 11) is 6.90. The number of methoxy groups -OCH3 is 2. The fourth-order valence-corrected chi connectivity index (χ4v) is 3.38. The van der Waals surface area contributed by atoms with Crippen molar-refractivity contribution < 1.29 is 23.8 Å². The number of carbonyl (C=O) groups excluding carboxylic acids is 2. The van der Waals surface area contributed by atoms with Crippen LogP contribution in [0.5, 0.6) is 17.2 Å². The molecule has 0 fully saturated rings. The normalized spacial score (nSPS) is 13.2. The molecule has 0 aliphatic carbocycles. The van der Waals surface area contributed by atoms with Crippen LogP contribution in [-0.4, -0.2) is 58.2 Å². The molecular formula is C22H27N3O5. The highest BCUT2D eigenvalue weighted by atomic mass is 16.5. The van der Waals surface area contributed by atoms with E-state index in [2.05, 4.69) is 16.7 Å². The van der Waals surface area contributed by atoms with E-state index in [1.165, 1.54) is 14.2 Å². The summed E-state index contributed by atoms with van der Waals surface area (Å²) in [5, 5.41) is 5.30. The quantitative estimate of drug-likeness (QED) is 0.675. The van der Waals surface area contributed by atoms with Gasteiger partial charge in [-0.1, -0.05) is 12.1 Å². The molecule has 2 aromatic carbocycles. The van der Waals surface area contributed by atoms with Crippen molar-refractivity contribution in [2.45, 2.75) is 12.5 Å². The first-order valence-electron chi connectivity index (χ1n) is 9.66. The number of fused-ring (bicyclic) bond motifs is 1. The minimum Gasteiger partial charge on any atom is -0.493 e. The number of nitrogens with one attached hydrogen (secondary N) is 2. The zero-order chi connectivity index (χ0) is 21.7. The SMILES string of the molecule is COc1ccc(NC(=O)C(=O)NCC(c2ccc3c(c2)CCO3)N(C)C)cc1OC. The zero-order valence-corrected chi connectivity index (χ0v) is 17.7. The maximum absolute atomic E-state index is 12.4. The van der Waals surface area contributed by atoms with Crippen LogP contribution in [0.15, 0.2) is 36.4 Å².